The molecular formula is C24H35IN2. The van der Waals surface area contributed by atoms with Gasteiger partial charge in [0.05, 0.1) is 26.7 Å². The molecule has 1 fully saturated rings. The Morgan fingerprint density at radius 2 is 1.52 bits per heavy atom. The largest absolute Gasteiger partial charge is 1.00 e. The summed E-state index contributed by atoms with van der Waals surface area (Å²) in [7, 11) is 4.83. The Hall–Kier alpha value is -1.07. The third-order valence-electron chi connectivity index (χ3n) is 6.52. The molecule has 3 heteroatoms. The Balaban J connectivity index is 0.00000131. The van der Waals surface area contributed by atoms with Crippen LogP contribution in [0.2, 0.25) is 0 Å². The quantitative estimate of drug-likeness (QED) is 0.469. The molecule has 2 aliphatic rings. The van der Waals surface area contributed by atoms with Crippen molar-refractivity contribution in [3.63, 3.8) is 0 Å². The molecular weight excluding hydrogens is 443 g/mol. The molecule has 1 heterocycles. The first-order valence-corrected chi connectivity index (χ1v) is 9.85. The summed E-state index contributed by atoms with van der Waals surface area (Å²) < 4.78 is 1.20. The van der Waals surface area contributed by atoms with E-state index in [0.29, 0.717) is 6.04 Å². The van der Waals surface area contributed by atoms with Crippen LogP contribution in [0.15, 0.2) is 54.6 Å². The molecule has 0 aromatic heterocycles. The zero-order valence-corrected chi connectivity index (χ0v) is 18.2. The van der Waals surface area contributed by atoms with Crippen LogP contribution in [0.5, 0.6) is 0 Å². The van der Waals surface area contributed by atoms with Crippen LogP contribution in [-0.4, -0.2) is 43.8 Å². The maximum absolute atomic E-state index is 2.69. The molecule has 2 aromatic carbocycles. The highest BCUT2D eigenvalue weighted by Crippen LogP contribution is 2.31. The fourth-order valence-electron chi connectivity index (χ4n) is 4.95. The molecule has 0 spiro atoms. The monoisotopic (exact) mass is 478 g/mol. The lowest BCUT2D eigenvalue weighted by atomic mass is 10.1. The van der Waals surface area contributed by atoms with Crippen LogP contribution in [-0.2, 0) is 12.8 Å². The van der Waals surface area contributed by atoms with E-state index >= 15 is 0 Å². The van der Waals surface area contributed by atoms with Crippen molar-refractivity contribution in [1.29, 1.82) is 0 Å². The number of hydrogen-bond acceptors (Lipinski definition) is 1. The average molecular weight is 478 g/mol. The van der Waals surface area contributed by atoms with E-state index in [4.69, 9.17) is 0 Å². The number of nitrogens with zero attached hydrogens (tertiary/aromatic N) is 2. The molecule has 4 rings (SSSR count). The van der Waals surface area contributed by atoms with Gasteiger partial charge in [-0.05, 0) is 36.1 Å². The smallest absolute Gasteiger partial charge is 0.0905 e. The van der Waals surface area contributed by atoms with Crippen LogP contribution >= 0.6 is 0 Å². The average Bonchev–Trinajstić information content (AvgIpc) is 3.19. The van der Waals surface area contributed by atoms with Crippen LogP contribution in [0.4, 0.5) is 5.69 Å². The highest BCUT2D eigenvalue weighted by molar-refractivity contribution is 5.49. The van der Waals surface area contributed by atoms with Crippen molar-refractivity contribution in [2.75, 3.05) is 32.1 Å². The van der Waals surface area contributed by atoms with E-state index in [1.807, 2.05) is 0 Å². The van der Waals surface area contributed by atoms with Crippen molar-refractivity contribution < 1.29 is 28.5 Å². The van der Waals surface area contributed by atoms with Crippen LogP contribution < -0.4 is 28.9 Å². The molecule has 148 valence electrons. The zero-order chi connectivity index (χ0) is 17.3. The van der Waals surface area contributed by atoms with Crippen LogP contribution in [0, 0.1) is 0 Å². The van der Waals surface area contributed by atoms with Crippen molar-refractivity contribution in [3.8, 4) is 0 Å². The molecule has 1 aliphatic carbocycles. The minimum Gasteiger partial charge on any atom is -1.00 e. The van der Waals surface area contributed by atoms with E-state index in [9.17, 15) is 0 Å². The van der Waals surface area contributed by atoms with E-state index < -0.39 is 0 Å². The Kier molecular flexibility index (Phi) is 7.75. The number of para-hydroxylation sites is 1. The molecule has 0 bridgehead atoms. The minimum absolute atomic E-state index is 0. The Morgan fingerprint density at radius 1 is 0.926 bits per heavy atom. The Bertz CT molecular complexity index is 688. The SMILES string of the molecule is C.C[N+]1(C)CCCC1CCN(c1ccccc1)C1Cc2ccccc2C1.[I-]. The topological polar surface area (TPSA) is 3.24 Å². The molecule has 0 radical (unpaired) electrons. The fourth-order valence-corrected chi connectivity index (χ4v) is 4.95. The molecule has 2 nitrogen and oxygen atoms in total. The summed E-state index contributed by atoms with van der Waals surface area (Å²) in [5, 5.41) is 0. The molecule has 0 amide bonds. The number of benzene rings is 2. The molecule has 27 heavy (non-hydrogen) atoms. The predicted octanol–water partition coefficient (Wildman–Crippen LogP) is 1.93. The van der Waals surface area contributed by atoms with Gasteiger partial charge >= 0.3 is 0 Å². The van der Waals surface area contributed by atoms with Crippen molar-refractivity contribution >= 4 is 5.69 Å². The number of likely N-dealkylation sites (tertiary alicyclic amines) is 1. The molecule has 1 atom stereocenters. The predicted molar refractivity (Wildman–Crippen MR) is 113 cm³/mol. The van der Waals surface area contributed by atoms with Crippen molar-refractivity contribution in [3.05, 3.63) is 65.7 Å². The van der Waals surface area contributed by atoms with Gasteiger partial charge in [-0.1, -0.05) is 49.9 Å². The first-order valence-electron chi connectivity index (χ1n) is 9.85. The summed E-state index contributed by atoms with van der Waals surface area (Å²) in [4.78, 5) is 2.69. The number of hydrogen-bond donors (Lipinski definition) is 0. The summed E-state index contributed by atoms with van der Waals surface area (Å²) in [6.07, 6.45) is 6.45. The van der Waals surface area contributed by atoms with Gasteiger partial charge in [-0.3, -0.25) is 0 Å². The van der Waals surface area contributed by atoms with Gasteiger partial charge in [0.1, 0.15) is 0 Å². The highest BCUT2D eigenvalue weighted by Gasteiger charge is 2.35. The van der Waals surface area contributed by atoms with Gasteiger partial charge in [-0.2, -0.15) is 0 Å². The van der Waals surface area contributed by atoms with Gasteiger partial charge in [0.15, 0.2) is 0 Å². The van der Waals surface area contributed by atoms with E-state index in [1.54, 1.807) is 11.1 Å². The van der Waals surface area contributed by atoms with Gasteiger partial charge in [-0.25, -0.2) is 0 Å². The van der Waals surface area contributed by atoms with Crippen molar-refractivity contribution in [1.82, 2.24) is 0 Å². The minimum atomic E-state index is 0. The van der Waals surface area contributed by atoms with Gasteiger partial charge in [0, 0.05) is 37.5 Å². The second-order valence-corrected chi connectivity index (χ2v) is 8.45. The van der Waals surface area contributed by atoms with Crippen LogP contribution in [0.3, 0.4) is 0 Å². The summed E-state index contributed by atoms with van der Waals surface area (Å²) >= 11 is 0. The standard InChI is InChI=1S/C23H31N2.CH4.HI/c1-25(2)16-8-13-23(25)14-15-24(21-11-4-3-5-12-21)22-17-19-9-6-7-10-20(19)18-22;;/h3-7,9-12,22-23H,8,13-18H2,1-2H3;1H4;1H/q+1;;/p-1. The number of rotatable bonds is 5. The van der Waals surface area contributed by atoms with Gasteiger partial charge in [-0.15, -0.1) is 0 Å². The van der Waals surface area contributed by atoms with Gasteiger partial charge < -0.3 is 33.4 Å². The summed E-state index contributed by atoms with van der Waals surface area (Å²) in [5.41, 5.74) is 4.49. The molecule has 1 saturated heterocycles. The van der Waals surface area contributed by atoms with Crippen LogP contribution in [0.1, 0.15) is 37.8 Å². The second kappa shape index (κ2) is 9.42. The fraction of sp³-hybridized carbons (Fsp3) is 0.500. The van der Waals surface area contributed by atoms with E-state index in [-0.39, 0.29) is 31.4 Å². The van der Waals surface area contributed by atoms with Gasteiger partial charge in [0.25, 0.3) is 0 Å². The lowest BCUT2D eigenvalue weighted by molar-refractivity contribution is -0.902. The summed E-state index contributed by atoms with van der Waals surface area (Å²) in [6, 6.07) is 21.5. The van der Waals surface area contributed by atoms with Crippen LogP contribution in [0.25, 0.3) is 0 Å². The third kappa shape index (κ3) is 4.86. The lowest BCUT2D eigenvalue weighted by Gasteiger charge is -2.36. The van der Waals surface area contributed by atoms with Crippen molar-refractivity contribution in [2.45, 2.75) is 51.6 Å². The number of fused-ring (bicyclic) bond motifs is 1. The molecule has 0 saturated carbocycles. The maximum atomic E-state index is 2.69. The Morgan fingerprint density at radius 3 is 2.07 bits per heavy atom. The summed E-state index contributed by atoms with van der Waals surface area (Å²) in [6.45, 7) is 2.51. The first kappa shape index (κ1) is 22.2. The highest BCUT2D eigenvalue weighted by atomic mass is 127. The third-order valence-corrected chi connectivity index (χ3v) is 6.52. The first-order chi connectivity index (χ1) is 12.1. The molecule has 1 aliphatic heterocycles. The summed E-state index contributed by atoms with van der Waals surface area (Å²) in [5.74, 6) is 0. The zero-order valence-electron chi connectivity index (χ0n) is 16.1. The second-order valence-electron chi connectivity index (χ2n) is 8.45. The molecule has 2 aromatic rings. The maximum Gasteiger partial charge on any atom is 0.0905 e. The number of anilines is 1. The van der Waals surface area contributed by atoms with E-state index in [0.717, 1.165) is 6.04 Å². The lowest BCUT2D eigenvalue weighted by Crippen LogP contribution is -3.00. The molecule has 1 unspecified atom stereocenters. The normalized spacial score (nSPS) is 20.4. The van der Waals surface area contributed by atoms with Crippen molar-refractivity contribution in [2.24, 2.45) is 0 Å². The Labute approximate surface area is 183 Å². The molecule has 0 N–H and O–H groups in total. The van der Waals surface area contributed by atoms with E-state index in [1.165, 1.54) is 55.4 Å². The van der Waals surface area contributed by atoms with E-state index in [2.05, 4.69) is 73.6 Å². The number of quaternary nitrogens is 1. The van der Waals surface area contributed by atoms with Gasteiger partial charge in [0.2, 0.25) is 0 Å². The number of halogens is 1.